The lowest BCUT2D eigenvalue weighted by atomic mass is 10.0. The number of benzene rings is 1. The zero-order valence-electron chi connectivity index (χ0n) is 18.0. The number of nitrogens with one attached hydrogen (secondary N) is 2. The predicted octanol–water partition coefficient (Wildman–Crippen LogP) is 3.96. The van der Waals surface area contributed by atoms with E-state index in [0.29, 0.717) is 0 Å². The summed E-state index contributed by atoms with van der Waals surface area (Å²) in [5.74, 6) is -0.00826. The van der Waals surface area contributed by atoms with Crippen LogP contribution in [0.4, 0.5) is 30.5 Å². The molecular weight excluding hydrogens is 423 g/mol. The highest BCUT2D eigenvalue weighted by molar-refractivity contribution is 5.83. The summed E-state index contributed by atoms with van der Waals surface area (Å²) in [4.78, 5) is 20.7. The number of carbonyl (C=O) groups excluding carboxylic acids is 1. The zero-order valence-corrected chi connectivity index (χ0v) is 18.0. The van der Waals surface area contributed by atoms with Gasteiger partial charge in [-0.3, -0.25) is 4.79 Å². The third-order valence-corrected chi connectivity index (χ3v) is 4.65. The first-order chi connectivity index (χ1) is 14.9. The fourth-order valence-electron chi connectivity index (χ4n) is 3.15. The molecular formula is C21H24F3N7O. The van der Waals surface area contributed by atoms with E-state index in [0.717, 1.165) is 23.5 Å². The summed E-state index contributed by atoms with van der Waals surface area (Å²) in [6, 6.07) is 7.39. The number of aromatic nitrogens is 4. The van der Waals surface area contributed by atoms with Gasteiger partial charge in [0.1, 0.15) is 17.7 Å². The van der Waals surface area contributed by atoms with E-state index in [-0.39, 0.29) is 29.2 Å². The standard InChI is InChI=1S/C21H24F3N7O/c1-11(2)18(19(25)32)27-17-10-16(26-15-7-5-6-14(9-15)21(22,23)24)28-20(29-17)31-13(4)8-12(3)30-31/h5-11,18H,1-4H3,(H2,25,32)(H2,26,27,28,29)/t18-/m0/s1. The number of carbonyl (C=O) groups is 1. The maximum atomic E-state index is 13.1. The molecule has 1 atom stereocenters. The number of alkyl halides is 3. The second-order valence-corrected chi connectivity index (χ2v) is 7.75. The highest BCUT2D eigenvalue weighted by Gasteiger charge is 2.30. The highest BCUT2D eigenvalue weighted by atomic mass is 19.4. The summed E-state index contributed by atoms with van der Waals surface area (Å²) in [7, 11) is 0. The highest BCUT2D eigenvalue weighted by Crippen LogP contribution is 2.31. The van der Waals surface area contributed by atoms with Crippen molar-refractivity contribution in [2.75, 3.05) is 10.6 Å². The first-order valence-corrected chi connectivity index (χ1v) is 9.87. The fourth-order valence-corrected chi connectivity index (χ4v) is 3.15. The first kappa shape index (κ1) is 23.0. The molecule has 0 saturated heterocycles. The van der Waals surface area contributed by atoms with Crippen LogP contribution in [0.3, 0.4) is 0 Å². The van der Waals surface area contributed by atoms with Gasteiger partial charge in [-0.2, -0.15) is 28.2 Å². The number of anilines is 3. The Hall–Kier alpha value is -3.63. The number of nitrogens with two attached hydrogens (primary N) is 1. The van der Waals surface area contributed by atoms with Crippen LogP contribution in [-0.4, -0.2) is 31.7 Å². The topological polar surface area (TPSA) is 111 Å². The average molecular weight is 447 g/mol. The molecule has 3 aromatic rings. The second-order valence-electron chi connectivity index (χ2n) is 7.75. The Balaban J connectivity index is 2.04. The lowest BCUT2D eigenvalue weighted by Gasteiger charge is -2.20. The van der Waals surface area contributed by atoms with Crippen LogP contribution in [0, 0.1) is 19.8 Å². The van der Waals surface area contributed by atoms with Crippen molar-refractivity contribution in [2.24, 2.45) is 11.7 Å². The van der Waals surface area contributed by atoms with E-state index in [2.05, 4.69) is 25.7 Å². The van der Waals surface area contributed by atoms with Crippen molar-refractivity contribution in [1.29, 1.82) is 0 Å². The molecule has 0 spiro atoms. The van der Waals surface area contributed by atoms with E-state index in [9.17, 15) is 18.0 Å². The SMILES string of the molecule is Cc1cc(C)n(-c2nc(Nc3cccc(C(F)(F)F)c3)cc(N[C@H](C(N)=O)C(C)C)n2)n1. The van der Waals surface area contributed by atoms with E-state index in [4.69, 9.17) is 5.73 Å². The molecule has 32 heavy (non-hydrogen) atoms. The first-order valence-electron chi connectivity index (χ1n) is 9.87. The van der Waals surface area contributed by atoms with Gasteiger partial charge in [0.05, 0.1) is 11.3 Å². The molecule has 3 rings (SSSR count). The number of amides is 1. The number of hydrogen-bond acceptors (Lipinski definition) is 6. The summed E-state index contributed by atoms with van der Waals surface area (Å²) in [6.07, 6.45) is -4.48. The molecule has 4 N–H and O–H groups in total. The van der Waals surface area contributed by atoms with Crippen molar-refractivity contribution in [3.63, 3.8) is 0 Å². The molecule has 8 nitrogen and oxygen atoms in total. The summed E-state index contributed by atoms with van der Waals surface area (Å²) in [5, 5.41) is 10.2. The Labute approximate surface area is 183 Å². The van der Waals surface area contributed by atoms with Gasteiger partial charge in [0.15, 0.2) is 0 Å². The van der Waals surface area contributed by atoms with E-state index in [1.165, 1.54) is 22.9 Å². The minimum Gasteiger partial charge on any atom is -0.368 e. The quantitative estimate of drug-likeness (QED) is 0.506. The minimum absolute atomic E-state index is 0.125. The molecule has 0 aliphatic carbocycles. The van der Waals surface area contributed by atoms with Gasteiger partial charge in [0.25, 0.3) is 5.95 Å². The van der Waals surface area contributed by atoms with Crippen LogP contribution in [-0.2, 0) is 11.0 Å². The molecule has 0 aliphatic heterocycles. The number of primary amides is 1. The van der Waals surface area contributed by atoms with Gasteiger partial charge < -0.3 is 16.4 Å². The normalized spacial score (nSPS) is 12.6. The molecule has 11 heteroatoms. The van der Waals surface area contributed by atoms with Crippen LogP contribution in [0.5, 0.6) is 0 Å². The lowest BCUT2D eigenvalue weighted by molar-refractivity contribution is -0.137. The molecule has 0 saturated carbocycles. The number of rotatable bonds is 7. The molecule has 0 fully saturated rings. The van der Waals surface area contributed by atoms with Gasteiger partial charge in [-0.15, -0.1) is 0 Å². The molecule has 0 bridgehead atoms. The smallest absolute Gasteiger partial charge is 0.368 e. The fraction of sp³-hybridized carbons (Fsp3) is 0.333. The van der Waals surface area contributed by atoms with Crippen LogP contribution in [0.2, 0.25) is 0 Å². The van der Waals surface area contributed by atoms with E-state index in [1.807, 2.05) is 33.8 Å². The monoisotopic (exact) mass is 447 g/mol. The van der Waals surface area contributed by atoms with Crippen LogP contribution >= 0.6 is 0 Å². The molecule has 170 valence electrons. The van der Waals surface area contributed by atoms with Gasteiger partial charge in [-0.1, -0.05) is 19.9 Å². The molecule has 0 unspecified atom stereocenters. The van der Waals surface area contributed by atoms with Crippen molar-refractivity contribution in [1.82, 2.24) is 19.7 Å². The largest absolute Gasteiger partial charge is 0.416 e. The van der Waals surface area contributed by atoms with Crippen molar-refractivity contribution in [3.8, 4) is 5.95 Å². The number of aryl methyl sites for hydroxylation is 2. The molecule has 2 aromatic heterocycles. The van der Waals surface area contributed by atoms with Crippen molar-refractivity contribution >= 4 is 23.2 Å². The molecule has 0 aliphatic rings. The maximum Gasteiger partial charge on any atom is 0.416 e. The van der Waals surface area contributed by atoms with Crippen molar-refractivity contribution in [2.45, 2.75) is 39.9 Å². The number of nitrogens with zero attached hydrogens (tertiary/aromatic N) is 4. The van der Waals surface area contributed by atoms with Gasteiger partial charge in [0, 0.05) is 17.4 Å². The number of halogens is 3. The summed E-state index contributed by atoms with van der Waals surface area (Å²) < 4.78 is 40.7. The third-order valence-electron chi connectivity index (χ3n) is 4.65. The van der Waals surface area contributed by atoms with E-state index in [1.54, 1.807) is 0 Å². The molecule has 1 aromatic carbocycles. The van der Waals surface area contributed by atoms with Crippen LogP contribution < -0.4 is 16.4 Å². The number of hydrogen-bond donors (Lipinski definition) is 3. The minimum atomic E-state index is -4.48. The van der Waals surface area contributed by atoms with E-state index < -0.39 is 23.7 Å². The third kappa shape index (κ3) is 5.34. The van der Waals surface area contributed by atoms with Gasteiger partial charge >= 0.3 is 6.18 Å². The summed E-state index contributed by atoms with van der Waals surface area (Å²) in [5.41, 5.74) is 6.41. The Kier molecular flexibility index (Phi) is 6.37. The average Bonchev–Trinajstić information content (AvgIpc) is 3.03. The lowest BCUT2D eigenvalue weighted by Crippen LogP contribution is -2.39. The molecule has 0 radical (unpaired) electrons. The Morgan fingerprint density at radius 2 is 1.78 bits per heavy atom. The molecule has 1 amide bonds. The van der Waals surface area contributed by atoms with Gasteiger partial charge in [-0.25, -0.2) is 4.68 Å². The van der Waals surface area contributed by atoms with Crippen molar-refractivity contribution in [3.05, 3.63) is 53.3 Å². The predicted molar refractivity (Wildman–Crippen MR) is 115 cm³/mol. The van der Waals surface area contributed by atoms with E-state index >= 15 is 0 Å². The van der Waals surface area contributed by atoms with Crippen LogP contribution in [0.25, 0.3) is 5.95 Å². The summed E-state index contributed by atoms with van der Waals surface area (Å²) >= 11 is 0. The Morgan fingerprint density at radius 3 is 2.34 bits per heavy atom. The Morgan fingerprint density at radius 1 is 1.09 bits per heavy atom. The van der Waals surface area contributed by atoms with Crippen LogP contribution in [0.1, 0.15) is 30.8 Å². The van der Waals surface area contributed by atoms with Crippen LogP contribution in [0.15, 0.2) is 36.4 Å². The van der Waals surface area contributed by atoms with Gasteiger partial charge in [0.2, 0.25) is 5.91 Å². The Bertz CT molecular complexity index is 1120. The second kappa shape index (κ2) is 8.85. The molecule has 2 heterocycles. The van der Waals surface area contributed by atoms with Gasteiger partial charge in [-0.05, 0) is 44.0 Å². The zero-order chi connectivity index (χ0) is 23.6. The van der Waals surface area contributed by atoms with Crippen molar-refractivity contribution < 1.29 is 18.0 Å². The summed E-state index contributed by atoms with van der Waals surface area (Å²) in [6.45, 7) is 7.29. The maximum absolute atomic E-state index is 13.1.